The fourth-order valence-electron chi connectivity index (χ4n) is 4.93. The number of aromatic nitrogens is 2. The van der Waals surface area contributed by atoms with E-state index in [0.29, 0.717) is 37.9 Å². The number of hydrogen-bond acceptors (Lipinski definition) is 9. The number of anilines is 1. The lowest BCUT2D eigenvalue weighted by atomic mass is 10.0. The number of hydrogen-bond donors (Lipinski definition) is 3. The lowest BCUT2D eigenvalue weighted by Crippen LogP contribution is -2.45. The van der Waals surface area contributed by atoms with Crippen LogP contribution in [0.2, 0.25) is 0 Å². The minimum atomic E-state index is -0.556. The number of amidine groups is 2. The van der Waals surface area contributed by atoms with Gasteiger partial charge in [-0.1, -0.05) is 37.3 Å². The van der Waals surface area contributed by atoms with Crippen LogP contribution in [0.4, 0.5) is 10.5 Å². The molecule has 4 heterocycles. The highest BCUT2D eigenvalue weighted by molar-refractivity contribution is 6.21. The van der Waals surface area contributed by atoms with Gasteiger partial charge in [-0.3, -0.25) is 10.00 Å². The van der Waals surface area contributed by atoms with Crippen LogP contribution >= 0.6 is 0 Å². The third-order valence-electron chi connectivity index (χ3n) is 6.84. The average molecular weight is 527 g/mol. The SMILES string of the molecule is CCC1=C2C(Nc3ccc4c(cnn4Cc4ccccc4)c3)=NC=NC2N=C1NC(=O)OC[C@@H]1COCCN1. The Morgan fingerprint density at radius 3 is 2.92 bits per heavy atom. The second-order valence-electron chi connectivity index (χ2n) is 9.48. The number of carbonyl (C=O) groups excluding carboxylic acids is 1. The molecule has 1 fully saturated rings. The molecule has 11 nitrogen and oxygen atoms in total. The van der Waals surface area contributed by atoms with Crippen molar-refractivity contribution in [1.29, 1.82) is 0 Å². The predicted octanol–water partition coefficient (Wildman–Crippen LogP) is 3.10. The van der Waals surface area contributed by atoms with Crippen molar-refractivity contribution in [2.24, 2.45) is 15.0 Å². The molecule has 3 aliphatic heterocycles. The van der Waals surface area contributed by atoms with Crippen LogP contribution in [0.1, 0.15) is 18.9 Å². The molecule has 1 saturated heterocycles. The summed E-state index contributed by atoms with van der Waals surface area (Å²) >= 11 is 0. The van der Waals surface area contributed by atoms with Crippen LogP contribution in [0, 0.1) is 0 Å². The molecule has 2 atom stereocenters. The number of alkyl carbamates (subject to hydrolysis) is 1. The van der Waals surface area contributed by atoms with Crippen LogP contribution in [0.5, 0.6) is 0 Å². The first-order valence-electron chi connectivity index (χ1n) is 13.1. The van der Waals surface area contributed by atoms with Crippen molar-refractivity contribution >= 4 is 40.7 Å². The van der Waals surface area contributed by atoms with Crippen molar-refractivity contribution in [2.45, 2.75) is 32.1 Å². The molecule has 0 spiro atoms. The van der Waals surface area contributed by atoms with E-state index in [1.807, 2.05) is 42.1 Å². The highest BCUT2D eigenvalue weighted by atomic mass is 16.6. The lowest BCUT2D eigenvalue weighted by Gasteiger charge is -2.23. The molecule has 1 unspecified atom stereocenters. The summed E-state index contributed by atoms with van der Waals surface area (Å²) in [4.78, 5) is 26.1. The summed E-state index contributed by atoms with van der Waals surface area (Å²) < 4.78 is 12.8. The van der Waals surface area contributed by atoms with Gasteiger partial charge in [0.2, 0.25) is 0 Å². The predicted molar refractivity (Wildman–Crippen MR) is 150 cm³/mol. The van der Waals surface area contributed by atoms with Gasteiger partial charge >= 0.3 is 6.09 Å². The molecule has 0 radical (unpaired) electrons. The zero-order valence-electron chi connectivity index (χ0n) is 21.6. The Labute approximate surface area is 225 Å². The Morgan fingerprint density at radius 2 is 2.10 bits per heavy atom. The molecular weight excluding hydrogens is 496 g/mol. The molecule has 6 rings (SSSR count). The van der Waals surface area contributed by atoms with E-state index < -0.39 is 12.3 Å². The van der Waals surface area contributed by atoms with Crippen molar-refractivity contribution < 1.29 is 14.3 Å². The number of nitrogens with zero attached hydrogens (tertiary/aromatic N) is 5. The Bertz CT molecular complexity index is 1480. The average Bonchev–Trinajstić information content (AvgIpc) is 3.53. The van der Waals surface area contributed by atoms with E-state index in [2.05, 4.69) is 60.3 Å². The molecule has 200 valence electrons. The Kier molecular flexibility index (Phi) is 7.15. The van der Waals surface area contributed by atoms with Gasteiger partial charge in [0, 0.05) is 28.8 Å². The number of morpholine rings is 1. The molecule has 1 aromatic heterocycles. The third kappa shape index (κ3) is 5.45. The summed E-state index contributed by atoms with van der Waals surface area (Å²) in [6.07, 6.45) is 2.99. The molecule has 0 saturated carbocycles. The van der Waals surface area contributed by atoms with Crippen molar-refractivity contribution in [2.75, 3.05) is 31.7 Å². The van der Waals surface area contributed by atoms with Crippen LogP contribution in [0.3, 0.4) is 0 Å². The molecule has 11 heteroatoms. The Balaban J connectivity index is 1.15. The Morgan fingerprint density at radius 1 is 1.21 bits per heavy atom. The normalized spacial score (nSPS) is 20.4. The molecule has 0 aliphatic carbocycles. The number of ether oxygens (including phenoxy) is 2. The second kappa shape index (κ2) is 11.2. The first-order valence-corrected chi connectivity index (χ1v) is 13.1. The third-order valence-corrected chi connectivity index (χ3v) is 6.84. The van der Waals surface area contributed by atoms with Gasteiger partial charge in [0.1, 0.15) is 24.6 Å². The van der Waals surface area contributed by atoms with Crippen LogP contribution in [0.25, 0.3) is 10.9 Å². The number of fused-ring (bicyclic) bond motifs is 2. The first-order chi connectivity index (χ1) is 19.2. The monoisotopic (exact) mass is 526 g/mol. The van der Waals surface area contributed by atoms with Gasteiger partial charge in [-0.2, -0.15) is 5.10 Å². The zero-order valence-corrected chi connectivity index (χ0v) is 21.6. The summed E-state index contributed by atoms with van der Waals surface area (Å²) in [5.74, 6) is 1.11. The number of amides is 1. The van der Waals surface area contributed by atoms with Crippen LogP contribution in [-0.2, 0) is 16.0 Å². The molecule has 3 aliphatic rings. The van der Waals surface area contributed by atoms with Gasteiger partial charge in [-0.25, -0.2) is 19.8 Å². The van der Waals surface area contributed by atoms with E-state index in [0.717, 1.165) is 34.3 Å². The number of benzene rings is 2. The highest BCUT2D eigenvalue weighted by Crippen LogP contribution is 2.29. The maximum absolute atomic E-state index is 12.5. The summed E-state index contributed by atoms with van der Waals surface area (Å²) in [6, 6.07) is 16.4. The van der Waals surface area contributed by atoms with E-state index in [-0.39, 0.29) is 12.6 Å². The topological polar surface area (TPSA) is 127 Å². The van der Waals surface area contributed by atoms with E-state index >= 15 is 0 Å². The number of aliphatic imine (C=N–C) groups is 3. The molecule has 39 heavy (non-hydrogen) atoms. The van der Waals surface area contributed by atoms with Gasteiger partial charge < -0.3 is 20.1 Å². The van der Waals surface area contributed by atoms with Crippen molar-refractivity contribution in [3.8, 4) is 0 Å². The molecule has 2 aromatic carbocycles. The van der Waals surface area contributed by atoms with E-state index in [1.165, 1.54) is 11.9 Å². The first kappa shape index (κ1) is 25.0. The van der Waals surface area contributed by atoms with Gasteiger partial charge in [-0.15, -0.1) is 0 Å². The quantitative estimate of drug-likeness (QED) is 0.453. The van der Waals surface area contributed by atoms with Crippen LogP contribution < -0.4 is 16.0 Å². The summed E-state index contributed by atoms with van der Waals surface area (Å²) in [6.45, 7) is 4.86. The smallest absolute Gasteiger partial charge is 0.412 e. The standard InChI is InChI=1S/C28H30N8O3/c1-2-22-24-26(30-17-31-27(24)34-25(22)35-28(37)39-16-21-15-38-11-10-29-21)33-20-8-9-23-19(12-20)13-32-36(23)14-18-6-4-3-5-7-18/h3-9,12-13,17,21,27,29H,2,10-11,14-16H2,1H3,(H,30,31,33)(H,34,35,37)/t21-,27?/m0/s1. The van der Waals surface area contributed by atoms with Gasteiger partial charge in [0.15, 0.2) is 6.17 Å². The summed E-state index contributed by atoms with van der Waals surface area (Å²) in [5, 5.41) is 15.1. The number of carbonyl (C=O) groups is 1. The largest absolute Gasteiger partial charge is 0.448 e. The summed E-state index contributed by atoms with van der Waals surface area (Å²) in [7, 11) is 0. The molecule has 0 bridgehead atoms. The molecule has 1 amide bonds. The van der Waals surface area contributed by atoms with Crippen LogP contribution in [0.15, 0.2) is 80.9 Å². The fraction of sp³-hybridized carbons (Fsp3) is 0.321. The Hall–Kier alpha value is -4.35. The maximum Gasteiger partial charge on any atom is 0.412 e. The minimum Gasteiger partial charge on any atom is -0.448 e. The maximum atomic E-state index is 12.5. The number of nitrogens with one attached hydrogen (secondary N) is 3. The minimum absolute atomic E-state index is 0.0167. The highest BCUT2D eigenvalue weighted by Gasteiger charge is 2.33. The van der Waals surface area contributed by atoms with Gasteiger partial charge in [-0.05, 0) is 30.2 Å². The van der Waals surface area contributed by atoms with Gasteiger partial charge in [0.05, 0.1) is 37.5 Å². The lowest BCUT2D eigenvalue weighted by molar-refractivity contribution is 0.0477. The van der Waals surface area contributed by atoms with Gasteiger partial charge in [0.25, 0.3) is 0 Å². The van der Waals surface area contributed by atoms with E-state index in [1.54, 1.807) is 0 Å². The van der Waals surface area contributed by atoms with E-state index in [4.69, 9.17) is 9.47 Å². The molecule has 3 N–H and O–H groups in total. The van der Waals surface area contributed by atoms with E-state index in [9.17, 15) is 4.79 Å². The van der Waals surface area contributed by atoms with Crippen LogP contribution in [-0.4, -0.2) is 72.5 Å². The zero-order chi connectivity index (χ0) is 26.6. The fourth-order valence-corrected chi connectivity index (χ4v) is 4.93. The van der Waals surface area contributed by atoms with Crippen molar-refractivity contribution in [3.05, 3.63) is 71.4 Å². The molecule has 3 aromatic rings. The summed E-state index contributed by atoms with van der Waals surface area (Å²) in [5.41, 5.74) is 4.83. The molecular formula is C28H30N8O3. The second-order valence-corrected chi connectivity index (χ2v) is 9.48. The number of rotatable bonds is 6. The van der Waals surface area contributed by atoms with Crippen molar-refractivity contribution in [3.63, 3.8) is 0 Å². The van der Waals surface area contributed by atoms with Crippen molar-refractivity contribution in [1.82, 2.24) is 20.4 Å².